The topological polar surface area (TPSA) is 84.0 Å². The molecule has 0 atom stereocenters. The standard InChI is InChI=1S/C34H26N4O2S2/c39-33(23-9-3-1-4-10-23)37-21-25-15-17-29(31-27(25)13-7-19-35-31)41-42-30-18-16-26(28-14-8-20-36-32(28)30)22-38-34(40)24-11-5-2-6-12-24/h1-20H,21-22H2,(H,37,39)(H,38,40). The molecule has 0 aliphatic heterocycles. The lowest BCUT2D eigenvalue weighted by atomic mass is 10.1. The summed E-state index contributed by atoms with van der Waals surface area (Å²) in [6.07, 6.45) is 3.58. The van der Waals surface area contributed by atoms with Crippen LogP contribution in [0.3, 0.4) is 0 Å². The third-order valence-electron chi connectivity index (χ3n) is 6.82. The Bertz CT molecular complexity index is 1740. The van der Waals surface area contributed by atoms with Gasteiger partial charge in [0, 0.05) is 57.2 Å². The Morgan fingerprint density at radius 2 is 0.952 bits per heavy atom. The first kappa shape index (κ1) is 27.5. The molecule has 0 aliphatic carbocycles. The van der Waals surface area contributed by atoms with Crippen molar-refractivity contribution in [3.63, 3.8) is 0 Å². The highest BCUT2D eigenvalue weighted by Gasteiger charge is 2.14. The molecule has 2 N–H and O–H groups in total. The second-order valence-corrected chi connectivity index (χ2v) is 11.7. The molecule has 0 unspecified atom stereocenters. The number of carbonyl (C=O) groups is 2. The predicted molar refractivity (Wildman–Crippen MR) is 170 cm³/mol. The van der Waals surface area contributed by atoms with Crippen LogP contribution in [0.2, 0.25) is 0 Å². The van der Waals surface area contributed by atoms with E-state index in [0.29, 0.717) is 24.2 Å². The summed E-state index contributed by atoms with van der Waals surface area (Å²) in [5, 5.41) is 8.05. The lowest BCUT2D eigenvalue weighted by Crippen LogP contribution is -2.22. The van der Waals surface area contributed by atoms with Gasteiger partial charge in [-0.15, -0.1) is 0 Å². The van der Waals surface area contributed by atoms with Gasteiger partial charge in [0.05, 0.1) is 11.0 Å². The van der Waals surface area contributed by atoms with E-state index in [1.807, 2.05) is 72.8 Å². The molecule has 2 aromatic heterocycles. The van der Waals surface area contributed by atoms with Crippen molar-refractivity contribution in [3.8, 4) is 0 Å². The summed E-state index contributed by atoms with van der Waals surface area (Å²) in [5.74, 6) is -0.215. The molecule has 0 radical (unpaired) electrons. The van der Waals surface area contributed by atoms with Crippen LogP contribution in [0.15, 0.2) is 131 Å². The maximum absolute atomic E-state index is 12.6. The number of nitrogens with zero attached hydrogens (tertiary/aromatic N) is 2. The molecular weight excluding hydrogens is 561 g/mol. The van der Waals surface area contributed by atoms with Crippen LogP contribution in [0, 0.1) is 0 Å². The fraction of sp³-hybridized carbons (Fsp3) is 0.0588. The maximum Gasteiger partial charge on any atom is 0.251 e. The van der Waals surface area contributed by atoms with Gasteiger partial charge in [-0.25, -0.2) is 0 Å². The summed E-state index contributed by atoms with van der Waals surface area (Å²) >= 11 is 0. The zero-order valence-electron chi connectivity index (χ0n) is 22.5. The van der Waals surface area contributed by atoms with Crippen LogP contribution in [0.4, 0.5) is 0 Å². The first-order chi connectivity index (χ1) is 20.7. The van der Waals surface area contributed by atoms with Gasteiger partial charge < -0.3 is 10.6 Å². The number of fused-ring (bicyclic) bond motifs is 2. The number of hydrogen-bond acceptors (Lipinski definition) is 6. The minimum Gasteiger partial charge on any atom is -0.348 e. The van der Waals surface area contributed by atoms with Gasteiger partial charge in [-0.05, 0) is 59.7 Å². The number of rotatable bonds is 9. The largest absolute Gasteiger partial charge is 0.348 e. The molecular formula is C34H26N4O2S2. The van der Waals surface area contributed by atoms with E-state index in [1.54, 1.807) is 58.2 Å². The van der Waals surface area contributed by atoms with Gasteiger partial charge >= 0.3 is 0 Å². The second-order valence-electron chi connectivity index (χ2n) is 9.51. The SMILES string of the molecule is O=C(NCc1ccc(SSc2ccc(CNC(=O)c3ccccc3)c3cccnc23)c2ncccc12)c1ccccc1. The predicted octanol–water partition coefficient (Wildman–Crippen LogP) is 7.44. The zero-order chi connectivity index (χ0) is 28.7. The van der Waals surface area contributed by atoms with E-state index in [9.17, 15) is 9.59 Å². The van der Waals surface area contributed by atoms with Crippen LogP contribution < -0.4 is 10.6 Å². The maximum atomic E-state index is 12.6. The Labute approximate surface area is 251 Å². The van der Waals surface area contributed by atoms with E-state index >= 15 is 0 Å². The Morgan fingerprint density at radius 1 is 0.524 bits per heavy atom. The average molecular weight is 587 g/mol. The normalized spacial score (nSPS) is 11.0. The third kappa shape index (κ3) is 6.15. The number of carbonyl (C=O) groups excluding carboxylic acids is 2. The molecule has 8 heteroatoms. The van der Waals surface area contributed by atoms with Gasteiger partial charge in [0.15, 0.2) is 0 Å². The number of nitrogens with one attached hydrogen (secondary N) is 2. The van der Waals surface area contributed by atoms with Crippen molar-refractivity contribution in [1.29, 1.82) is 0 Å². The van der Waals surface area contributed by atoms with Crippen molar-refractivity contribution in [2.75, 3.05) is 0 Å². The molecule has 4 aromatic carbocycles. The fourth-order valence-corrected chi connectivity index (χ4v) is 6.93. The van der Waals surface area contributed by atoms with Crippen molar-refractivity contribution in [2.45, 2.75) is 22.9 Å². The molecule has 6 nitrogen and oxygen atoms in total. The molecule has 0 spiro atoms. The zero-order valence-corrected chi connectivity index (χ0v) is 24.1. The van der Waals surface area contributed by atoms with Gasteiger partial charge in [-0.2, -0.15) is 0 Å². The van der Waals surface area contributed by atoms with Gasteiger partial charge in [-0.1, -0.05) is 82.3 Å². The van der Waals surface area contributed by atoms with Crippen molar-refractivity contribution < 1.29 is 9.59 Å². The second kappa shape index (κ2) is 12.9. The van der Waals surface area contributed by atoms with E-state index < -0.39 is 0 Å². The molecule has 0 bridgehead atoms. The van der Waals surface area contributed by atoms with Gasteiger partial charge in [-0.3, -0.25) is 19.6 Å². The molecule has 2 amide bonds. The molecule has 0 saturated heterocycles. The highest BCUT2D eigenvalue weighted by atomic mass is 33.1. The number of pyridine rings is 2. The lowest BCUT2D eigenvalue weighted by Gasteiger charge is -2.13. The highest BCUT2D eigenvalue weighted by Crippen LogP contribution is 2.43. The van der Waals surface area contributed by atoms with Crippen molar-refractivity contribution in [1.82, 2.24) is 20.6 Å². The minimum absolute atomic E-state index is 0.107. The number of hydrogen-bond donors (Lipinski definition) is 2. The molecule has 6 rings (SSSR count). The Morgan fingerprint density at radius 3 is 1.38 bits per heavy atom. The van der Waals surface area contributed by atoms with Gasteiger partial charge in [0.2, 0.25) is 0 Å². The average Bonchev–Trinajstić information content (AvgIpc) is 3.06. The molecule has 0 fully saturated rings. The Hall–Kier alpha value is -4.66. The quantitative estimate of drug-likeness (QED) is 0.171. The van der Waals surface area contributed by atoms with E-state index in [1.165, 1.54) is 0 Å². The van der Waals surface area contributed by atoms with Crippen molar-refractivity contribution in [2.24, 2.45) is 0 Å². The molecule has 0 saturated carbocycles. The van der Waals surface area contributed by atoms with Gasteiger partial charge in [0.1, 0.15) is 0 Å². The smallest absolute Gasteiger partial charge is 0.251 e. The first-order valence-corrected chi connectivity index (χ1v) is 15.6. The van der Waals surface area contributed by atoms with Gasteiger partial charge in [0.25, 0.3) is 11.8 Å². The van der Waals surface area contributed by atoms with Crippen LogP contribution in [0.1, 0.15) is 31.8 Å². The summed E-state index contributed by atoms with van der Waals surface area (Å²) in [4.78, 5) is 36.6. The molecule has 6 aromatic rings. The number of benzene rings is 4. The lowest BCUT2D eigenvalue weighted by molar-refractivity contribution is 0.0943. The van der Waals surface area contributed by atoms with Crippen molar-refractivity contribution >= 4 is 55.2 Å². The Balaban J connectivity index is 1.18. The monoisotopic (exact) mass is 586 g/mol. The molecule has 42 heavy (non-hydrogen) atoms. The van der Waals surface area contributed by atoms with Crippen LogP contribution >= 0.6 is 21.6 Å². The summed E-state index contributed by atoms with van der Waals surface area (Å²) in [7, 11) is 3.25. The number of aromatic nitrogens is 2. The van der Waals surface area contributed by atoms with Crippen LogP contribution in [0.5, 0.6) is 0 Å². The summed E-state index contributed by atoms with van der Waals surface area (Å²) in [5.41, 5.74) is 5.05. The van der Waals surface area contributed by atoms with E-state index in [0.717, 1.165) is 42.7 Å². The van der Waals surface area contributed by atoms with E-state index in [-0.39, 0.29) is 11.8 Å². The highest BCUT2D eigenvalue weighted by molar-refractivity contribution is 8.76. The van der Waals surface area contributed by atoms with Crippen LogP contribution in [0.25, 0.3) is 21.8 Å². The fourth-order valence-electron chi connectivity index (χ4n) is 4.68. The third-order valence-corrected chi connectivity index (χ3v) is 9.25. The molecule has 2 heterocycles. The minimum atomic E-state index is -0.107. The summed E-state index contributed by atoms with van der Waals surface area (Å²) < 4.78 is 0. The summed E-state index contributed by atoms with van der Waals surface area (Å²) in [6, 6.07) is 34.5. The molecule has 206 valence electrons. The van der Waals surface area contributed by atoms with Crippen LogP contribution in [-0.2, 0) is 13.1 Å². The first-order valence-electron chi connectivity index (χ1n) is 13.4. The summed E-state index contributed by atoms with van der Waals surface area (Å²) in [6.45, 7) is 0.815. The van der Waals surface area contributed by atoms with E-state index in [4.69, 9.17) is 0 Å². The number of amides is 2. The molecule has 0 aliphatic rings. The van der Waals surface area contributed by atoms with Crippen LogP contribution in [-0.4, -0.2) is 21.8 Å². The Kier molecular flexibility index (Phi) is 8.44. The van der Waals surface area contributed by atoms with E-state index in [2.05, 4.69) is 32.7 Å². The van der Waals surface area contributed by atoms with Crippen molar-refractivity contribution in [3.05, 3.63) is 144 Å².